The van der Waals surface area contributed by atoms with Crippen molar-refractivity contribution in [2.24, 2.45) is 0 Å². The van der Waals surface area contributed by atoms with Gasteiger partial charge in [-0.3, -0.25) is 14.5 Å². The van der Waals surface area contributed by atoms with Crippen LogP contribution in [0.3, 0.4) is 0 Å². The van der Waals surface area contributed by atoms with Gasteiger partial charge in [-0.2, -0.15) is 0 Å². The number of hydrogen-bond donors (Lipinski definition) is 0. The molecule has 1 unspecified atom stereocenters. The highest BCUT2D eigenvalue weighted by molar-refractivity contribution is 7.15. The number of amides is 1. The van der Waals surface area contributed by atoms with E-state index in [1.165, 1.54) is 11.3 Å². The van der Waals surface area contributed by atoms with Gasteiger partial charge in [-0.15, -0.1) is 11.3 Å². The highest BCUT2D eigenvalue weighted by Crippen LogP contribution is 2.43. The molecule has 2 aromatic carbocycles. The molecule has 1 aliphatic rings. The van der Waals surface area contributed by atoms with E-state index in [0.717, 1.165) is 27.3 Å². The Bertz CT molecular complexity index is 1420. The summed E-state index contributed by atoms with van der Waals surface area (Å²) in [5.74, 6) is -0.295. The molecule has 0 fully saturated rings. The van der Waals surface area contributed by atoms with Crippen molar-refractivity contribution >= 4 is 44.9 Å². The molecule has 3 heterocycles. The average Bonchev–Trinajstić information content (AvgIpc) is 3.21. The van der Waals surface area contributed by atoms with Crippen LogP contribution < -0.4 is 10.3 Å². The topological polar surface area (TPSA) is 63.4 Å². The number of hydrogen-bond acceptors (Lipinski definition) is 5. The Morgan fingerprint density at radius 2 is 1.77 bits per heavy atom. The first kappa shape index (κ1) is 20.0. The van der Waals surface area contributed by atoms with E-state index in [0.29, 0.717) is 26.7 Å². The number of rotatable bonds is 2. The van der Waals surface area contributed by atoms with Gasteiger partial charge in [-0.1, -0.05) is 41.4 Å². The third-order valence-corrected chi connectivity index (χ3v) is 7.25. The zero-order chi connectivity index (χ0) is 22.0. The van der Waals surface area contributed by atoms with Crippen LogP contribution in [0.5, 0.6) is 0 Å². The zero-order valence-corrected chi connectivity index (χ0v) is 19.0. The molecule has 4 aromatic rings. The summed E-state index contributed by atoms with van der Waals surface area (Å²) in [5.41, 5.74) is 3.99. The average molecular weight is 451 g/mol. The SMILES string of the molecule is Cc1ccc(C2c3c(oc4cc(C)c(Cl)cc4c3=O)C(=O)N2c2nc(C)c(C)s2)cc1. The molecule has 1 atom stereocenters. The molecule has 0 saturated carbocycles. The Morgan fingerprint density at radius 1 is 1.06 bits per heavy atom. The molecule has 0 saturated heterocycles. The second kappa shape index (κ2) is 7.04. The molecule has 0 radical (unpaired) electrons. The van der Waals surface area contributed by atoms with Gasteiger partial charge < -0.3 is 4.42 Å². The summed E-state index contributed by atoms with van der Waals surface area (Å²) in [6, 6.07) is 10.5. The number of aromatic nitrogens is 1. The van der Waals surface area contributed by atoms with Crippen molar-refractivity contribution in [3.05, 3.63) is 90.2 Å². The summed E-state index contributed by atoms with van der Waals surface area (Å²) < 4.78 is 6.02. The standard InChI is InChI=1S/C24H19ClN2O3S/c1-11-5-7-15(8-6-11)20-19-21(28)16-10-17(25)12(2)9-18(16)30-22(19)23(29)27(20)24-26-13(3)14(4)31-24/h5-10,20H,1-4H3. The monoisotopic (exact) mass is 450 g/mol. The number of carbonyl (C=O) groups excluding carboxylic acids is 1. The maximum absolute atomic E-state index is 13.6. The number of carbonyl (C=O) groups is 1. The van der Waals surface area contributed by atoms with Crippen LogP contribution in [-0.4, -0.2) is 10.9 Å². The molecule has 0 spiro atoms. The molecule has 0 aliphatic carbocycles. The third-order valence-electron chi connectivity index (χ3n) is 5.77. The van der Waals surface area contributed by atoms with E-state index in [9.17, 15) is 9.59 Å². The number of aryl methyl sites for hydroxylation is 4. The fourth-order valence-electron chi connectivity index (χ4n) is 3.91. The lowest BCUT2D eigenvalue weighted by atomic mass is 9.97. The second-order valence-electron chi connectivity index (χ2n) is 7.90. The van der Waals surface area contributed by atoms with Crippen molar-refractivity contribution in [3.8, 4) is 0 Å². The highest BCUT2D eigenvalue weighted by Gasteiger charge is 2.45. The number of fused-ring (bicyclic) bond motifs is 2. The van der Waals surface area contributed by atoms with Crippen molar-refractivity contribution in [3.63, 3.8) is 0 Å². The Kier molecular flexibility index (Phi) is 4.53. The molecule has 1 amide bonds. The third kappa shape index (κ3) is 3.01. The van der Waals surface area contributed by atoms with Crippen LogP contribution in [0.2, 0.25) is 5.02 Å². The molecule has 2 aromatic heterocycles. The molecule has 7 heteroatoms. The number of anilines is 1. The van der Waals surface area contributed by atoms with E-state index < -0.39 is 6.04 Å². The van der Waals surface area contributed by atoms with Crippen LogP contribution in [-0.2, 0) is 0 Å². The quantitative estimate of drug-likeness (QED) is 0.382. The lowest BCUT2D eigenvalue weighted by Crippen LogP contribution is -2.29. The van der Waals surface area contributed by atoms with E-state index >= 15 is 0 Å². The fourth-order valence-corrected chi connectivity index (χ4v) is 5.01. The van der Waals surface area contributed by atoms with E-state index in [-0.39, 0.29) is 17.1 Å². The van der Waals surface area contributed by atoms with Crippen molar-refractivity contribution in [2.75, 3.05) is 4.90 Å². The molecule has 1 aliphatic heterocycles. The van der Waals surface area contributed by atoms with Crippen LogP contribution >= 0.6 is 22.9 Å². The fraction of sp³-hybridized carbons (Fsp3) is 0.208. The van der Waals surface area contributed by atoms with E-state index in [1.54, 1.807) is 17.0 Å². The van der Waals surface area contributed by atoms with E-state index in [1.807, 2.05) is 52.0 Å². The molecule has 5 nitrogen and oxygen atoms in total. The van der Waals surface area contributed by atoms with Crippen molar-refractivity contribution in [1.29, 1.82) is 0 Å². The van der Waals surface area contributed by atoms with Crippen LogP contribution in [0.1, 0.15) is 49.4 Å². The van der Waals surface area contributed by atoms with Gasteiger partial charge in [0.15, 0.2) is 10.6 Å². The first-order chi connectivity index (χ1) is 14.8. The second-order valence-corrected chi connectivity index (χ2v) is 9.49. The molecule has 156 valence electrons. The lowest BCUT2D eigenvalue weighted by Gasteiger charge is -2.22. The van der Waals surface area contributed by atoms with Crippen LogP contribution in [0.15, 0.2) is 45.6 Å². The highest BCUT2D eigenvalue weighted by atomic mass is 35.5. The van der Waals surface area contributed by atoms with Gasteiger partial charge in [0.25, 0.3) is 5.91 Å². The summed E-state index contributed by atoms with van der Waals surface area (Å²) in [7, 11) is 0. The first-order valence-corrected chi connectivity index (χ1v) is 11.1. The van der Waals surface area contributed by atoms with Gasteiger partial charge in [-0.25, -0.2) is 4.98 Å². The lowest BCUT2D eigenvalue weighted by molar-refractivity contribution is 0.0971. The Balaban J connectivity index is 1.83. The van der Waals surface area contributed by atoms with Gasteiger partial charge >= 0.3 is 0 Å². The minimum atomic E-state index is -0.617. The maximum atomic E-state index is 13.6. The van der Waals surface area contributed by atoms with E-state index in [2.05, 4.69) is 4.98 Å². The molecule has 31 heavy (non-hydrogen) atoms. The van der Waals surface area contributed by atoms with Gasteiger partial charge in [0.05, 0.1) is 22.7 Å². The number of thiazole rings is 1. The summed E-state index contributed by atoms with van der Waals surface area (Å²) in [5, 5.41) is 1.40. The first-order valence-electron chi connectivity index (χ1n) is 9.87. The van der Waals surface area contributed by atoms with Crippen molar-refractivity contribution in [1.82, 2.24) is 4.98 Å². The van der Waals surface area contributed by atoms with Gasteiger partial charge in [0.1, 0.15) is 5.58 Å². The van der Waals surface area contributed by atoms with Crippen molar-refractivity contribution in [2.45, 2.75) is 33.7 Å². The normalized spacial score (nSPS) is 15.7. The Hall–Kier alpha value is -2.96. The molecule has 5 rings (SSSR count). The largest absolute Gasteiger partial charge is 0.450 e. The van der Waals surface area contributed by atoms with Crippen LogP contribution in [0.25, 0.3) is 11.0 Å². The van der Waals surface area contributed by atoms with Crippen molar-refractivity contribution < 1.29 is 9.21 Å². The zero-order valence-electron chi connectivity index (χ0n) is 17.4. The minimum Gasteiger partial charge on any atom is -0.450 e. The Labute approximate surface area is 187 Å². The predicted molar refractivity (Wildman–Crippen MR) is 124 cm³/mol. The minimum absolute atomic E-state index is 0.0651. The van der Waals surface area contributed by atoms with Gasteiger partial charge in [-0.05, 0) is 51.0 Å². The maximum Gasteiger partial charge on any atom is 0.297 e. The summed E-state index contributed by atoms with van der Waals surface area (Å²) in [6.45, 7) is 7.70. The smallest absolute Gasteiger partial charge is 0.297 e. The van der Waals surface area contributed by atoms with Gasteiger partial charge in [0.2, 0.25) is 5.76 Å². The molecule has 0 N–H and O–H groups in total. The Morgan fingerprint density at radius 3 is 2.42 bits per heavy atom. The van der Waals surface area contributed by atoms with Crippen LogP contribution in [0.4, 0.5) is 5.13 Å². The molecular weight excluding hydrogens is 432 g/mol. The number of halogens is 1. The summed E-state index contributed by atoms with van der Waals surface area (Å²) in [6.07, 6.45) is 0. The summed E-state index contributed by atoms with van der Waals surface area (Å²) >= 11 is 7.72. The van der Waals surface area contributed by atoms with E-state index in [4.69, 9.17) is 16.0 Å². The summed E-state index contributed by atoms with van der Waals surface area (Å²) in [4.78, 5) is 34.4. The number of benzene rings is 2. The van der Waals surface area contributed by atoms with Crippen LogP contribution in [0, 0.1) is 27.7 Å². The predicted octanol–water partition coefficient (Wildman–Crippen LogP) is 5.89. The molecule has 0 bridgehead atoms. The van der Waals surface area contributed by atoms with Gasteiger partial charge in [0, 0.05) is 9.90 Å². The molecular formula is C24H19ClN2O3S. The number of nitrogens with zero attached hydrogens (tertiary/aromatic N) is 2.